The van der Waals surface area contributed by atoms with Crippen LogP contribution in [-0.2, 0) is 0 Å². The zero-order valence-electron chi connectivity index (χ0n) is 6.69. The van der Waals surface area contributed by atoms with Gasteiger partial charge in [0.15, 0.2) is 5.58 Å². The van der Waals surface area contributed by atoms with E-state index in [1.54, 1.807) is 18.5 Å². The largest absolute Gasteiger partial charge is 0.439 e. The van der Waals surface area contributed by atoms with Gasteiger partial charge in [-0.25, -0.2) is 4.98 Å². The quantitative estimate of drug-likeness (QED) is 0.686. The number of fused-ring (bicyclic) bond motifs is 1. The maximum absolute atomic E-state index is 5.60. The monoisotopic (exact) mass is 163 g/mol. The molecule has 0 fully saturated rings. The Labute approximate surface area is 69.4 Å². The van der Waals surface area contributed by atoms with E-state index >= 15 is 0 Å². The summed E-state index contributed by atoms with van der Waals surface area (Å²) in [6.45, 7) is 1.83. The van der Waals surface area contributed by atoms with Gasteiger partial charge in [-0.3, -0.25) is 4.98 Å². The fourth-order valence-electron chi connectivity index (χ4n) is 0.993. The van der Waals surface area contributed by atoms with Gasteiger partial charge in [0.05, 0.1) is 12.2 Å². The molecule has 1 unspecified atom stereocenters. The first-order valence-electron chi connectivity index (χ1n) is 3.73. The second-order valence-corrected chi connectivity index (χ2v) is 2.68. The van der Waals surface area contributed by atoms with E-state index in [2.05, 4.69) is 9.97 Å². The van der Waals surface area contributed by atoms with Gasteiger partial charge in [-0.15, -0.1) is 0 Å². The molecule has 4 heteroatoms. The second kappa shape index (κ2) is 2.57. The van der Waals surface area contributed by atoms with Gasteiger partial charge in [0.25, 0.3) is 0 Å². The fourth-order valence-corrected chi connectivity index (χ4v) is 0.993. The second-order valence-electron chi connectivity index (χ2n) is 2.68. The molecule has 0 bridgehead atoms. The van der Waals surface area contributed by atoms with Gasteiger partial charge in [-0.1, -0.05) is 0 Å². The average Bonchev–Trinajstić information content (AvgIpc) is 2.46. The van der Waals surface area contributed by atoms with Gasteiger partial charge in [0, 0.05) is 12.3 Å². The van der Waals surface area contributed by atoms with Crippen LogP contribution in [0.4, 0.5) is 0 Å². The van der Waals surface area contributed by atoms with E-state index in [0.29, 0.717) is 5.89 Å². The van der Waals surface area contributed by atoms with Crippen LogP contribution in [0.15, 0.2) is 22.9 Å². The molecular formula is C8H9N3O. The molecule has 62 valence electrons. The van der Waals surface area contributed by atoms with Crippen molar-refractivity contribution in [1.82, 2.24) is 9.97 Å². The van der Waals surface area contributed by atoms with Gasteiger partial charge in [-0.05, 0) is 6.92 Å². The number of hydrogen-bond acceptors (Lipinski definition) is 4. The number of pyridine rings is 1. The summed E-state index contributed by atoms with van der Waals surface area (Å²) in [5.41, 5.74) is 7.09. The summed E-state index contributed by atoms with van der Waals surface area (Å²) in [7, 11) is 0. The molecule has 0 aliphatic heterocycles. The summed E-state index contributed by atoms with van der Waals surface area (Å²) in [5.74, 6) is 0.554. The van der Waals surface area contributed by atoms with Crippen LogP contribution in [-0.4, -0.2) is 9.97 Å². The molecular weight excluding hydrogens is 154 g/mol. The van der Waals surface area contributed by atoms with Crippen LogP contribution < -0.4 is 5.73 Å². The lowest BCUT2D eigenvalue weighted by Gasteiger charge is -1.94. The number of nitrogens with two attached hydrogens (primary N) is 1. The fraction of sp³-hybridized carbons (Fsp3) is 0.250. The number of hydrogen-bond donors (Lipinski definition) is 1. The van der Waals surface area contributed by atoms with Gasteiger partial charge < -0.3 is 10.2 Å². The van der Waals surface area contributed by atoms with Gasteiger partial charge in [0.1, 0.15) is 5.52 Å². The van der Waals surface area contributed by atoms with E-state index in [1.165, 1.54) is 0 Å². The molecule has 0 saturated carbocycles. The van der Waals surface area contributed by atoms with Crippen molar-refractivity contribution in [3.05, 3.63) is 24.4 Å². The Hall–Kier alpha value is -1.42. The van der Waals surface area contributed by atoms with Crippen LogP contribution in [0.1, 0.15) is 18.9 Å². The highest BCUT2D eigenvalue weighted by Gasteiger charge is 2.08. The zero-order valence-corrected chi connectivity index (χ0v) is 6.69. The van der Waals surface area contributed by atoms with Gasteiger partial charge >= 0.3 is 0 Å². The molecule has 0 amide bonds. The molecule has 0 radical (unpaired) electrons. The first-order chi connectivity index (χ1) is 5.77. The molecule has 2 aromatic heterocycles. The van der Waals surface area contributed by atoms with Crippen molar-refractivity contribution in [3.8, 4) is 0 Å². The van der Waals surface area contributed by atoms with E-state index in [9.17, 15) is 0 Å². The van der Waals surface area contributed by atoms with Crippen LogP contribution in [0.25, 0.3) is 11.1 Å². The Morgan fingerprint density at radius 2 is 2.42 bits per heavy atom. The topological polar surface area (TPSA) is 64.9 Å². The lowest BCUT2D eigenvalue weighted by Crippen LogP contribution is -2.04. The molecule has 4 nitrogen and oxygen atoms in total. The van der Waals surface area contributed by atoms with E-state index in [0.717, 1.165) is 11.1 Å². The van der Waals surface area contributed by atoms with Crippen molar-refractivity contribution in [2.45, 2.75) is 13.0 Å². The predicted octanol–water partition coefficient (Wildman–Crippen LogP) is 1.24. The molecule has 12 heavy (non-hydrogen) atoms. The molecule has 2 heterocycles. The first-order valence-corrected chi connectivity index (χ1v) is 3.73. The van der Waals surface area contributed by atoms with Crippen LogP contribution >= 0.6 is 0 Å². The third kappa shape index (κ3) is 1.06. The Kier molecular flexibility index (Phi) is 1.55. The SMILES string of the molecule is CC(N)c1nc2cnccc2o1. The molecule has 0 saturated heterocycles. The molecule has 0 spiro atoms. The first kappa shape index (κ1) is 7.24. The highest BCUT2D eigenvalue weighted by molar-refractivity contribution is 5.70. The lowest BCUT2D eigenvalue weighted by molar-refractivity contribution is 0.492. The van der Waals surface area contributed by atoms with Gasteiger partial charge in [-0.2, -0.15) is 0 Å². The van der Waals surface area contributed by atoms with Crippen molar-refractivity contribution in [2.24, 2.45) is 5.73 Å². The summed E-state index contributed by atoms with van der Waals surface area (Å²) in [4.78, 5) is 8.08. The normalized spacial score (nSPS) is 13.5. The lowest BCUT2D eigenvalue weighted by atomic mass is 10.4. The Morgan fingerprint density at radius 3 is 3.08 bits per heavy atom. The summed E-state index contributed by atoms with van der Waals surface area (Å²) in [5, 5.41) is 0. The third-order valence-electron chi connectivity index (χ3n) is 1.60. The molecule has 2 aromatic rings. The van der Waals surface area contributed by atoms with E-state index in [-0.39, 0.29) is 6.04 Å². The van der Waals surface area contributed by atoms with Crippen molar-refractivity contribution in [2.75, 3.05) is 0 Å². The predicted molar refractivity (Wildman–Crippen MR) is 44.4 cm³/mol. The molecule has 2 rings (SSSR count). The van der Waals surface area contributed by atoms with Crippen LogP contribution in [0.2, 0.25) is 0 Å². The van der Waals surface area contributed by atoms with Crippen molar-refractivity contribution in [1.29, 1.82) is 0 Å². The highest BCUT2D eigenvalue weighted by atomic mass is 16.3. The summed E-state index contributed by atoms with van der Waals surface area (Å²) in [6, 6.07) is 1.60. The van der Waals surface area contributed by atoms with Crippen LogP contribution in [0, 0.1) is 0 Å². The standard InChI is InChI=1S/C8H9N3O/c1-5(9)8-11-6-4-10-3-2-7(6)12-8/h2-5H,9H2,1H3. The molecule has 0 aliphatic carbocycles. The molecule has 0 aromatic carbocycles. The molecule has 0 aliphatic rings. The van der Waals surface area contributed by atoms with Gasteiger partial charge in [0.2, 0.25) is 5.89 Å². The van der Waals surface area contributed by atoms with Crippen molar-refractivity contribution in [3.63, 3.8) is 0 Å². The number of aromatic nitrogens is 2. The van der Waals surface area contributed by atoms with Crippen LogP contribution in [0.3, 0.4) is 0 Å². The Bertz CT molecular complexity index is 361. The number of nitrogens with zero attached hydrogens (tertiary/aromatic N) is 2. The third-order valence-corrected chi connectivity index (χ3v) is 1.60. The number of rotatable bonds is 1. The zero-order chi connectivity index (χ0) is 8.55. The summed E-state index contributed by atoms with van der Waals surface area (Å²) in [6.07, 6.45) is 3.32. The summed E-state index contributed by atoms with van der Waals surface area (Å²) >= 11 is 0. The molecule has 1 atom stereocenters. The van der Waals surface area contributed by atoms with Crippen molar-refractivity contribution >= 4 is 11.1 Å². The minimum Gasteiger partial charge on any atom is -0.439 e. The van der Waals surface area contributed by atoms with E-state index < -0.39 is 0 Å². The van der Waals surface area contributed by atoms with Crippen LogP contribution in [0.5, 0.6) is 0 Å². The highest BCUT2D eigenvalue weighted by Crippen LogP contribution is 2.16. The number of oxazole rings is 1. The minimum absolute atomic E-state index is 0.169. The van der Waals surface area contributed by atoms with E-state index in [4.69, 9.17) is 10.2 Å². The van der Waals surface area contributed by atoms with Crippen molar-refractivity contribution < 1.29 is 4.42 Å². The summed E-state index contributed by atoms with van der Waals surface area (Å²) < 4.78 is 5.35. The maximum atomic E-state index is 5.60. The Balaban J connectivity index is 2.62. The minimum atomic E-state index is -0.169. The van der Waals surface area contributed by atoms with E-state index in [1.807, 2.05) is 6.92 Å². The average molecular weight is 163 g/mol. The Morgan fingerprint density at radius 1 is 1.58 bits per heavy atom. The maximum Gasteiger partial charge on any atom is 0.212 e. The smallest absolute Gasteiger partial charge is 0.212 e. The molecule has 2 N–H and O–H groups in total.